The van der Waals surface area contributed by atoms with Crippen molar-refractivity contribution < 1.29 is 9.59 Å². The fourth-order valence-corrected chi connectivity index (χ4v) is 8.67. The summed E-state index contributed by atoms with van der Waals surface area (Å²) in [5, 5.41) is 0. The van der Waals surface area contributed by atoms with E-state index in [4.69, 9.17) is 0 Å². The number of hydrogen-bond donors (Lipinski definition) is 0. The lowest BCUT2D eigenvalue weighted by atomic mass is 9.90. The average molecular weight is 725 g/mol. The lowest BCUT2D eigenvalue weighted by molar-refractivity contribution is -0.124. The van der Waals surface area contributed by atoms with Crippen LogP contribution in [0.3, 0.4) is 0 Å². The Hall–Kier alpha value is -1.58. The molecule has 0 aromatic rings. The van der Waals surface area contributed by atoms with E-state index in [0.29, 0.717) is 11.1 Å². The summed E-state index contributed by atoms with van der Waals surface area (Å²) in [6.07, 6.45) is 49.6. The minimum Gasteiger partial charge on any atom is -0.314 e. The summed E-state index contributed by atoms with van der Waals surface area (Å²) >= 11 is 0. The molecule has 0 aromatic heterocycles. The van der Waals surface area contributed by atoms with Gasteiger partial charge in [-0.25, -0.2) is 0 Å². The van der Waals surface area contributed by atoms with Crippen LogP contribution in [-0.2, 0) is 9.59 Å². The molecule has 2 rings (SSSR count). The molecule has 0 saturated heterocycles. The lowest BCUT2D eigenvalue weighted by Crippen LogP contribution is -2.25. The first-order valence-electron chi connectivity index (χ1n) is 23.6. The summed E-state index contributed by atoms with van der Waals surface area (Å²) in [5.41, 5.74) is 1.26. The molecule has 2 unspecified atom stereocenters. The van der Waals surface area contributed by atoms with Crippen molar-refractivity contribution in [3.05, 3.63) is 23.5 Å². The molecule has 4 heteroatoms. The number of unbranched alkanes of at least 4 members (excludes halogenated alkanes) is 22. The van der Waals surface area contributed by atoms with E-state index < -0.39 is 0 Å². The summed E-state index contributed by atoms with van der Waals surface area (Å²) in [6.45, 7) is 10.7. The van der Waals surface area contributed by atoms with Gasteiger partial charge in [0, 0.05) is 25.5 Å². The third-order valence-corrected chi connectivity index (χ3v) is 12.2. The van der Waals surface area contributed by atoms with Gasteiger partial charge in [-0.2, -0.15) is 0 Å². The second kappa shape index (κ2) is 31.7. The number of fused-ring (bicyclic) bond motifs is 1. The van der Waals surface area contributed by atoms with E-state index in [9.17, 15) is 9.59 Å². The monoisotopic (exact) mass is 725 g/mol. The van der Waals surface area contributed by atoms with Crippen molar-refractivity contribution in [1.82, 2.24) is 9.80 Å². The smallest absolute Gasteiger partial charge is 0.260 e. The van der Waals surface area contributed by atoms with Crippen LogP contribution in [0.5, 0.6) is 0 Å². The Morgan fingerprint density at radius 2 is 0.596 bits per heavy atom. The van der Waals surface area contributed by atoms with Crippen molar-refractivity contribution in [2.45, 2.75) is 246 Å². The van der Waals surface area contributed by atoms with E-state index in [-0.39, 0.29) is 11.8 Å². The van der Waals surface area contributed by atoms with E-state index >= 15 is 0 Å². The van der Waals surface area contributed by atoms with Gasteiger partial charge in [-0.15, -0.1) is 0 Å². The standard InChI is InChI=1S/C48H88N2O2/c1-5-9-13-15-17-19-21-27-35-43(33-11-7-3)37-29-23-25-31-39-49-41-45-46(47(49)51)42-50(48(45)52)40-32-26-24-30-38-44(34-12-8-4)36-28-22-20-18-16-14-10-6-2/h41-44H,5-40H2,1-4H3. The van der Waals surface area contributed by atoms with E-state index in [0.717, 1.165) is 37.8 Å². The molecule has 2 amide bonds. The summed E-state index contributed by atoms with van der Waals surface area (Å²) in [6, 6.07) is 0. The van der Waals surface area contributed by atoms with Crippen LogP contribution >= 0.6 is 0 Å². The van der Waals surface area contributed by atoms with Crippen LogP contribution in [0.4, 0.5) is 0 Å². The quantitative estimate of drug-likeness (QED) is 0.0595. The molecule has 2 atom stereocenters. The number of rotatable bonds is 38. The maximum atomic E-state index is 13.1. The Morgan fingerprint density at radius 3 is 0.904 bits per heavy atom. The molecule has 0 aromatic carbocycles. The largest absolute Gasteiger partial charge is 0.314 e. The first-order chi connectivity index (χ1) is 25.5. The van der Waals surface area contributed by atoms with Gasteiger partial charge in [0.25, 0.3) is 11.8 Å². The first-order valence-corrected chi connectivity index (χ1v) is 23.6. The second-order valence-electron chi connectivity index (χ2n) is 17.0. The summed E-state index contributed by atoms with van der Waals surface area (Å²) in [5.74, 6) is 1.88. The van der Waals surface area contributed by atoms with Crippen LogP contribution < -0.4 is 0 Å². The lowest BCUT2D eigenvalue weighted by Gasteiger charge is -2.18. The number of hydrogen-bond acceptors (Lipinski definition) is 2. The van der Waals surface area contributed by atoms with E-state index in [1.165, 1.54) is 205 Å². The minimum absolute atomic E-state index is 0.0328. The normalized spacial score (nSPS) is 15.5. The van der Waals surface area contributed by atoms with Crippen LogP contribution in [0.25, 0.3) is 0 Å². The molecule has 0 fully saturated rings. The fourth-order valence-electron chi connectivity index (χ4n) is 8.67. The highest BCUT2D eigenvalue weighted by Crippen LogP contribution is 2.31. The van der Waals surface area contributed by atoms with Gasteiger partial charge in [0.2, 0.25) is 0 Å². The molecule has 52 heavy (non-hydrogen) atoms. The summed E-state index contributed by atoms with van der Waals surface area (Å²) in [4.78, 5) is 29.9. The van der Waals surface area contributed by atoms with Gasteiger partial charge in [0.05, 0.1) is 11.1 Å². The highest BCUT2D eigenvalue weighted by atomic mass is 16.2. The minimum atomic E-state index is 0.0328. The van der Waals surface area contributed by atoms with Crippen molar-refractivity contribution in [1.29, 1.82) is 0 Å². The van der Waals surface area contributed by atoms with Gasteiger partial charge < -0.3 is 9.80 Å². The van der Waals surface area contributed by atoms with Crippen molar-refractivity contribution in [3.63, 3.8) is 0 Å². The molecular weight excluding hydrogens is 637 g/mol. The average Bonchev–Trinajstić information content (AvgIpc) is 3.63. The maximum Gasteiger partial charge on any atom is 0.260 e. The Bertz CT molecular complexity index is 878. The molecule has 0 bridgehead atoms. The molecule has 2 heterocycles. The van der Waals surface area contributed by atoms with Crippen LogP contribution in [0.15, 0.2) is 23.5 Å². The topological polar surface area (TPSA) is 40.6 Å². The van der Waals surface area contributed by atoms with Gasteiger partial charge in [-0.05, 0) is 24.7 Å². The molecular formula is C48H88N2O2. The molecule has 0 spiro atoms. The maximum absolute atomic E-state index is 13.1. The van der Waals surface area contributed by atoms with E-state index in [1.807, 2.05) is 22.2 Å². The predicted octanol–water partition coefficient (Wildman–Crippen LogP) is 15.0. The van der Waals surface area contributed by atoms with Gasteiger partial charge in [0.1, 0.15) is 0 Å². The van der Waals surface area contributed by atoms with E-state index in [2.05, 4.69) is 27.7 Å². The molecule has 0 saturated carbocycles. The van der Waals surface area contributed by atoms with Crippen molar-refractivity contribution in [2.75, 3.05) is 13.1 Å². The molecule has 2 aliphatic rings. The van der Waals surface area contributed by atoms with Gasteiger partial charge >= 0.3 is 0 Å². The zero-order valence-corrected chi connectivity index (χ0v) is 35.5. The fraction of sp³-hybridized carbons (Fsp3) is 0.875. The molecule has 0 aliphatic carbocycles. The van der Waals surface area contributed by atoms with Gasteiger partial charge in [-0.3, -0.25) is 9.59 Å². The molecule has 302 valence electrons. The molecule has 4 nitrogen and oxygen atoms in total. The molecule has 0 N–H and O–H groups in total. The number of carbonyl (C=O) groups excluding carboxylic acids is 2. The number of amides is 2. The first kappa shape index (κ1) is 46.6. The third-order valence-electron chi connectivity index (χ3n) is 12.2. The van der Waals surface area contributed by atoms with Crippen molar-refractivity contribution in [3.8, 4) is 0 Å². The van der Waals surface area contributed by atoms with Crippen molar-refractivity contribution >= 4 is 11.8 Å². The van der Waals surface area contributed by atoms with Crippen molar-refractivity contribution in [2.24, 2.45) is 11.8 Å². The number of carbonyl (C=O) groups is 2. The Kier molecular flexibility index (Phi) is 28.4. The second-order valence-corrected chi connectivity index (χ2v) is 17.0. The van der Waals surface area contributed by atoms with Gasteiger partial charge in [-0.1, -0.05) is 233 Å². The molecule has 0 radical (unpaired) electrons. The van der Waals surface area contributed by atoms with Gasteiger partial charge in [0.15, 0.2) is 0 Å². The Balaban J connectivity index is 1.56. The third kappa shape index (κ3) is 20.8. The van der Waals surface area contributed by atoms with Crippen LogP contribution in [0.1, 0.15) is 246 Å². The Labute approximate surface area is 324 Å². The summed E-state index contributed by atoms with van der Waals surface area (Å²) in [7, 11) is 0. The highest BCUT2D eigenvalue weighted by Gasteiger charge is 2.38. The van der Waals surface area contributed by atoms with Crippen LogP contribution in [0.2, 0.25) is 0 Å². The zero-order chi connectivity index (χ0) is 37.5. The number of nitrogens with zero attached hydrogens (tertiary/aromatic N) is 2. The summed E-state index contributed by atoms with van der Waals surface area (Å²) < 4.78 is 0. The zero-order valence-electron chi connectivity index (χ0n) is 35.5. The Morgan fingerprint density at radius 1 is 0.346 bits per heavy atom. The SMILES string of the molecule is CCCCCCCCCCC(CCCC)CCCCCCN1C=C2C(=O)N(CCCCCCC(CCCC)CCCCCCCCCC)C=C2C1=O. The highest BCUT2D eigenvalue weighted by molar-refractivity contribution is 6.17. The van der Waals surface area contributed by atoms with Crippen LogP contribution in [0, 0.1) is 11.8 Å². The molecule has 2 aliphatic heterocycles. The van der Waals surface area contributed by atoms with E-state index in [1.54, 1.807) is 0 Å². The van der Waals surface area contributed by atoms with Crippen LogP contribution in [-0.4, -0.2) is 34.7 Å². The predicted molar refractivity (Wildman–Crippen MR) is 226 cm³/mol.